The van der Waals surface area contributed by atoms with Crippen LogP contribution >= 0.6 is 0 Å². The first-order chi connectivity index (χ1) is 17.3. The molecular formula is C28H33N4O4+. The van der Waals surface area contributed by atoms with Crippen LogP contribution in [0.2, 0.25) is 0 Å². The number of ether oxygens (including phenoxy) is 1. The number of hydrogen-bond acceptors (Lipinski definition) is 5. The van der Waals surface area contributed by atoms with Crippen LogP contribution in [0.1, 0.15) is 80.5 Å². The van der Waals surface area contributed by atoms with Crippen LogP contribution in [-0.2, 0) is 0 Å². The summed E-state index contributed by atoms with van der Waals surface area (Å²) in [6.07, 6.45) is 12.3. The number of amides is 1. The maximum atomic E-state index is 13.2. The van der Waals surface area contributed by atoms with Crippen molar-refractivity contribution in [3.63, 3.8) is 0 Å². The summed E-state index contributed by atoms with van der Waals surface area (Å²) in [4.78, 5) is 13.2. The lowest BCUT2D eigenvalue weighted by Gasteiger charge is -2.32. The van der Waals surface area contributed by atoms with Gasteiger partial charge in [0.15, 0.2) is 0 Å². The zero-order valence-electron chi connectivity index (χ0n) is 20.8. The number of anilines is 1. The van der Waals surface area contributed by atoms with Gasteiger partial charge in [0, 0.05) is 40.4 Å². The van der Waals surface area contributed by atoms with Crippen molar-refractivity contribution in [2.75, 3.05) is 11.9 Å². The van der Waals surface area contributed by atoms with Crippen molar-refractivity contribution in [3.8, 4) is 18.1 Å². The maximum Gasteiger partial charge on any atom is 0.325 e. The van der Waals surface area contributed by atoms with Gasteiger partial charge < -0.3 is 15.2 Å². The smallest absolute Gasteiger partial charge is 0.325 e. The van der Waals surface area contributed by atoms with E-state index in [4.69, 9.17) is 16.3 Å². The number of fused-ring (bicyclic) bond motifs is 1. The van der Waals surface area contributed by atoms with Crippen molar-refractivity contribution >= 4 is 22.5 Å². The Bertz CT molecular complexity index is 1330. The molecule has 0 spiro atoms. The molecule has 0 saturated heterocycles. The number of rotatable bonds is 7. The molecule has 2 saturated carbocycles. The van der Waals surface area contributed by atoms with Gasteiger partial charge in [-0.05, 0) is 56.6 Å². The van der Waals surface area contributed by atoms with Gasteiger partial charge in [0.25, 0.3) is 0 Å². The Kier molecular flexibility index (Phi) is 6.35. The number of nitrogens with zero attached hydrogens (tertiary/aromatic N) is 3. The molecule has 2 aliphatic carbocycles. The Balaban J connectivity index is 1.43. The highest BCUT2D eigenvalue weighted by Crippen LogP contribution is 2.37. The number of terminal acetylenes is 1. The highest BCUT2D eigenvalue weighted by molar-refractivity contribution is 6.04. The number of aliphatic hydroxyl groups is 1. The minimum atomic E-state index is -1.03. The van der Waals surface area contributed by atoms with Crippen LogP contribution in [0.3, 0.4) is 0 Å². The van der Waals surface area contributed by atoms with E-state index in [9.17, 15) is 15.1 Å². The molecule has 188 valence electrons. The predicted molar refractivity (Wildman–Crippen MR) is 135 cm³/mol. The molecule has 8 nitrogen and oxygen atoms in total. The third kappa shape index (κ3) is 4.89. The van der Waals surface area contributed by atoms with Crippen molar-refractivity contribution in [3.05, 3.63) is 47.9 Å². The zero-order valence-corrected chi connectivity index (χ0v) is 20.8. The van der Waals surface area contributed by atoms with Gasteiger partial charge in [-0.15, -0.1) is 6.42 Å². The van der Waals surface area contributed by atoms with Crippen LogP contribution in [0.25, 0.3) is 10.9 Å². The highest BCUT2D eigenvalue weighted by atomic mass is 16.5. The van der Waals surface area contributed by atoms with Gasteiger partial charge in [-0.25, -0.2) is 0 Å². The zero-order chi connectivity index (χ0) is 25.4. The molecular weight excluding hydrogens is 456 g/mol. The van der Waals surface area contributed by atoms with E-state index in [0.29, 0.717) is 42.5 Å². The van der Waals surface area contributed by atoms with Crippen LogP contribution in [0.5, 0.6) is 5.75 Å². The minimum absolute atomic E-state index is 0.0544. The summed E-state index contributed by atoms with van der Waals surface area (Å²) in [5.41, 5.74) is 1.08. The van der Waals surface area contributed by atoms with E-state index in [1.165, 1.54) is 0 Å². The Morgan fingerprint density at radius 1 is 1.31 bits per heavy atom. The van der Waals surface area contributed by atoms with Crippen molar-refractivity contribution in [2.24, 2.45) is 5.92 Å². The molecule has 0 atom stereocenters. The van der Waals surface area contributed by atoms with Crippen LogP contribution in [0.4, 0.5) is 5.69 Å². The second-order valence-corrected chi connectivity index (χ2v) is 10.4. The summed E-state index contributed by atoms with van der Waals surface area (Å²) < 4.78 is 8.99. The first kappa shape index (κ1) is 24.1. The molecule has 5 rings (SSSR count). The van der Waals surface area contributed by atoms with Crippen LogP contribution in [0, 0.1) is 18.3 Å². The molecule has 0 radical (unpaired) electrons. The van der Waals surface area contributed by atoms with Crippen molar-refractivity contribution < 1.29 is 24.6 Å². The van der Waals surface area contributed by atoms with E-state index in [2.05, 4.69) is 11.2 Å². The first-order valence-corrected chi connectivity index (χ1v) is 12.7. The normalized spacial score (nSPS) is 21.9. The Morgan fingerprint density at radius 2 is 2.06 bits per heavy atom. The molecule has 2 aliphatic rings. The van der Waals surface area contributed by atoms with Crippen molar-refractivity contribution in [1.82, 2.24) is 9.78 Å². The summed E-state index contributed by atoms with van der Waals surface area (Å²) in [7, 11) is 0. The number of pyridine rings is 1. The average molecular weight is 490 g/mol. The number of benzene rings is 1. The number of aromatic nitrogens is 3. The monoisotopic (exact) mass is 489 g/mol. The molecule has 0 aliphatic heterocycles. The third-order valence-corrected chi connectivity index (χ3v) is 7.29. The lowest BCUT2D eigenvalue weighted by atomic mass is 9.83. The van der Waals surface area contributed by atoms with Gasteiger partial charge in [-0.2, -0.15) is 5.10 Å². The Morgan fingerprint density at radius 3 is 2.72 bits per heavy atom. The van der Waals surface area contributed by atoms with E-state index in [-0.39, 0.29) is 17.7 Å². The lowest BCUT2D eigenvalue weighted by Crippen LogP contribution is -2.43. The third-order valence-electron chi connectivity index (χ3n) is 7.29. The first-order valence-electron chi connectivity index (χ1n) is 12.7. The second kappa shape index (κ2) is 9.47. The fourth-order valence-electron chi connectivity index (χ4n) is 4.77. The number of hydrogen-bond donors (Lipinski definition) is 3. The fraction of sp³-hybridized carbons (Fsp3) is 0.464. The summed E-state index contributed by atoms with van der Waals surface area (Å²) in [6, 6.07) is 9.02. The predicted octanol–water partition coefficient (Wildman–Crippen LogP) is 4.21. The maximum absolute atomic E-state index is 13.2. The number of carbonyl (C=O) groups is 1. The van der Waals surface area contributed by atoms with E-state index in [1.807, 2.05) is 36.9 Å². The highest BCUT2D eigenvalue weighted by Gasteiger charge is 2.33. The molecule has 0 unspecified atom stereocenters. The Labute approximate surface area is 210 Å². The van der Waals surface area contributed by atoms with Gasteiger partial charge in [-0.1, -0.05) is 19.8 Å². The summed E-state index contributed by atoms with van der Waals surface area (Å²) in [5.74, 6) is 3.25. The van der Waals surface area contributed by atoms with Gasteiger partial charge >= 0.3 is 11.6 Å². The molecule has 2 aromatic heterocycles. The molecule has 1 aromatic carbocycles. The molecule has 36 heavy (non-hydrogen) atoms. The van der Waals surface area contributed by atoms with Crippen molar-refractivity contribution in [2.45, 2.75) is 69.9 Å². The van der Waals surface area contributed by atoms with Gasteiger partial charge in [0.1, 0.15) is 11.4 Å². The van der Waals surface area contributed by atoms with E-state index in [1.54, 1.807) is 18.2 Å². The fourth-order valence-corrected chi connectivity index (χ4v) is 4.77. The standard InChI is InChI=1S/C28H32N4O4/c1-4-28(34)12-10-21(11-13-28)31-16-20-14-23(26(15-22(20)30-31)36-17-19-8-9-19)29-27(33)25-7-5-6-24(18(2)3)32(25)35/h1,5-7,14-16,18-19,21,34H,8-13,17H2,2-3H3,(H-,29,33,35)/p+1. The molecule has 2 fully saturated rings. The van der Waals surface area contributed by atoms with Crippen molar-refractivity contribution in [1.29, 1.82) is 0 Å². The van der Waals surface area contributed by atoms with Crippen LogP contribution in [-0.4, -0.2) is 38.2 Å². The molecule has 3 N–H and O–H groups in total. The largest absolute Gasteiger partial charge is 0.491 e. The van der Waals surface area contributed by atoms with Crippen LogP contribution < -0.4 is 14.8 Å². The molecule has 8 heteroatoms. The summed E-state index contributed by atoms with van der Waals surface area (Å²) in [6.45, 7) is 4.50. The van der Waals surface area contributed by atoms with E-state index in [0.717, 1.165) is 41.3 Å². The molecule has 2 heterocycles. The molecule has 1 amide bonds. The second-order valence-electron chi connectivity index (χ2n) is 10.4. The van der Waals surface area contributed by atoms with Gasteiger partial charge in [0.05, 0.1) is 23.9 Å². The van der Waals surface area contributed by atoms with E-state index >= 15 is 0 Å². The molecule has 3 aromatic rings. The molecule has 0 bridgehead atoms. The van der Waals surface area contributed by atoms with Gasteiger partial charge in [0.2, 0.25) is 5.69 Å². The minimum Gasteiger partial charge on any atom is -0.491 e. The topological polar surface area (TPSA) is 100 Å². The quantitative estimate of drug-likeness (QED) is 0.262. The Hall–Kier alpha value is -3.57. The van der Waals surface area contributed by atoms with Gasteiger partial charge in [-0.3, -0.25) is 14.7 Å². The SMILES string of the molecule is C#CC1(O)CCC(n2cc3cc(NC(=O)c4cccc(C(C)C)[n+]4O)c(OCC4CC4)cc3n2)CC1. The average Bonchev–Trinajstić information content (AvgIpc) is 3.60. The van der Waals surface area contributed by atoms with E-state index < -0.39 is 11.5 Å². The number of nitrogens with one attached hydrogen (secondary N) is 1. The van der Waals surface area contributed by atoms with Crippen LogP contribution in [0.15, 0.2) is 36.5 Å². The number of carbonyl (C=O) groups excluding carboxylic acids is 1. The summed E-state index contributed by atoms with van der Waals surface area (Å²) >= 11 is 0. The lowest BCUT2D eigenvalue weighted by molar-refractivity contribution is -0.911. The summed E-state index contributed by atoms with van der Waals surface area (Å²) in [5, 5.41) is 29.6.